The molecule has 0 aromatic heterocycles. The van der Waals surface area contributed by atoms with Crippen molar-refractivity contribution in [2.75, 3.05) is 13.6 Å². The summed E-state index contributed by atoms with van der Waals surface area (Å²) < 4.78 is 13.4. The van der Waals surface area contributed by atoms with Gasteiger partial charge in [-0.2, -0.15) is 0 Å². The van der Waals surface area contributed by atoms with Crippen molar-refractivity contribution < 1.29 is 9.18 Å². The van der Waals surface area contributed by atoms with E-state index in [1.807, 2.05) is 38.8 Å². The zero-order valence-corrected chi connectivity index (χ0v) is 14.8. The molecule has 4 heteroatoms. The quantitative estimate of drug-likeness (QED) is 0.823. The van der Waals surface area contributed by atoms with Crippen molar-refractivity contribution in [3.05, 3.63) is 35.6 Å². The first-order chi connectivity index (χ1) is 10.8. The topological polar surface area (TPSA) is 23.6 Å². The number of carbonyl (C=O) groups excluding carboxylic acids is 1. The molecule has 1 aliphatic rings. The normalized spacial score (nSPS) is 16.1. The monoisotopic (exact) mass is 320 g/mol. The third kappa shape index (κ3) is 5.03. The maximum atomic E-state index is 13.4. The highest BCUT2D eigenvalue weighted by Crippen LogP contribution is 2.23. The number of hydrogen-bond donors (Lipinski definition) is 0. The van der Waals surface area contributed by atoms with Crippen molar-refractivity contribution >= 4 is 5.91 Å². The van der Waals surface area contributed by atoms with Gasteiger partial charge in [-0.3, -0.25) is 9.69 Å². The summed E-state index contributed by atoms with van der Waals surface area (Å²) in [6.45, 7) is 6.95. The van der Waals surface area contributed by atoms with Gasteiger partial charge in [-0.1, -0.05) is 25.0 Å². The largest absolute Gasteiger partial charge is 0.332 e. The molecule has 1 amide bonds. The Balaban J connectivity index is 2.06. The zero-order valence-electron chi connectivity index (χ0n) is 14.8. The molecule has 23 heavy (non-hydrogen) atoms. The third-order valence-corrected chi connectivity index (χ3v) is 4.67. The fourth-order valence-corrected chi connectivity index (χ4v) is 3.29. The Morgan fingerprint density at radius 3 is 2.48 bits per heavy atom. The molecule has 0 saturated heterocycles. The first kappa shape index (κ1) is 17.9. The summed E-state index contributed by atoms with van der Waals surface area (Å²) >= 11 is 0. The lowest BCUT2D eigenvalue weighted by Gasteiger charge is -2.37. The molecule has 2 rings (SSSR count). The van der Waals surface area contributed by atoms with Crippen molar-refractivity contribution in [3.63, 3.8) is 0 Å². The van der Waals surface area contributed by atoms with Crippen LogP contribution in [0, 0.1) is 5.82 Å². The van der Waals surface area contributed by atoms with Crippen LogP contribution in [0.2, 0.25) is 0 Å². The minimum atomic E-state index is -0.292. The fraction of sp³-hybridized carbons (Fsp3) is 0.632. The number of nitrogens with zero attached hydrogens (tertiary/aromatic N) is 2. The highest BCUT2D eigenvalue weighted by atomic mass is 19.1. The van der Waals surface area contributed by atoms with Gasteiger partial charge >= 0.3 is 0 Å². The number of amides is 1. The van der Waals surface area contributed by atoms with Crippen LogP contribution in [-0.2, 0) is 11.3 Å². The van der Waals surface area contributed by atoms with E-state index >= 15 is 0 Å². The third-order valence-electron chi connectivity index (χ3n) is 4.67. The van der Waals surface area contributed by atoms with E-state index in [9.17, 15) is 9.18 Å². The van der Waals surface area contributed by atoms with Crippen LogP contribution < -0.4 is 0 Å². The summed E-state index contributed by atoms with van der Waals surface area (Å²) in [5, 5.41) is 0. The summed E-state index contributed by atoms with van der Waals surface area (Å²) in [6.07, 6.45) is 4.89. The number of halogens is 1. The van der Waals surface area contributed by atoms with Crippen molar-refractivity contribution in [2.45, 2.75) is 64.6 Å². The first-order valence-electron chi connectivity index (χ1n) is 8.52. The highest BCUT2D eigenvalue weighted by Gasteiger charge is 2.29. The Kier molecular flexibility index (Phi) is 5.79. The van der Waals surface area contributed by atoms with Gasteiger partial charge in [0.05, 0.1) is 6.54 Å². The second-order valence-corrected chi connectivity index (χ2v) is 7.63. The number of carbonyl (C=O) groups is 1. The molecular weight excluding hydrogens is 291 g/mol. The van der Waals surface area contributed by atoms with Crippen molar-refractivity contribution in [2.24, 2.45) is 0 Å². The summed E-state index contributed by atoms with van der Waals surface area (Å²) in [7, 11) is 2.04. The fourth-order valence-electron chi connectivity index (χ4n) is 3.29. The lowest BCUT2D eigenvalue weighted by molar-refractivity contribution is -0.138. The SMILES string of the molecule is CN(CC(=O)N(Cc1cccc(F)c1)C(C)(C)C)C1CCCC1. The van der Waals surface area contributed by atoms with Crippen LogP contribution in [0.3, 0.4) is 0 Å². The second kappa shape index (κ2) is 7.43. The van der Waals surface area contributed by atoms with Crippen LogP contribution >= 0.6 is 0 Å². The van der Waals surface area contributed by atoms with E-state index in [1.165, 1.54) is 37.8 Å². The summed E-state index contributed by atoms with van der Waals surface area (Å²) in [5.74, 6) is -0.150. The smallest absolute Gasteiger partial charge is 0.237 e. The number of likely N-dealkylation sites (N-methyl/N-ethyl adjacent to an activating group) is 1. The Morgan fingerprint density at radius 1 is 1.26 bits per heavy atom. The first-order valence-corrected chi connectivity index (χ1v) is 8.52. The van der Waals surface area contributed by atoms with Gasteiger partial charge in [0, 0.05) is 18.1 Å². The van der Waals surface area contributed by atoms with Gasteiger partial charge in [-0.15, -0.1) is 0 Å². The van der Waals surface area contributed by atoms with Gasteiger partial charge in [-0.25, -0.2) is 4.39 Å². The van der Waals surface area contributed by atoms with Gasteiger partial charge in [0.2, 0.25) is 5.91 Å². The maximum absolute atomic E-state index is 13.4. The van der Waals surface area contributed by atoms with Crippen LogP contribution in [0.5, 0.6) is 0 Å². The average molecular weight is 320 g/mol. The molecule has 1 aromatic rings. The van der Waals surface area contributed by atoms with Gasteiger partial charge in [0.15, 0.2) is 0 Å². The van der Waals surface area contributed by atoms with Crippen molar-refractivity contribution in [3.8, 4) is 0 Å². The van der Waals surface area contributed by atoms with Crippen LogP contribution in [0.1, 0.15) is 52.0 Å². The molecule has 1 aliphatic carbocycles. The standard InChI is InChI=1S/C19H29FN2O/c1-19(2,3)22(13-15-8-7-9-16(20)12-15)18(23)14-21(4)17-10-5-6-11-17/h7-9,12,17H,5-6,10-11,13-14H2,1-4H3. The molecule has 1 aromatic carbocycles. The van der Waals surface area contributed by atoms with Crippen LogP contribution in [-0.4, -0.2) is 40.9 Å². The summed E-state index contributed by atoms with van der Waals surface area (Å²) in [4.78, 5) is 16.9. The lowest BCUT2D eigenvalue weighted by atomic mass is 10.0. The maximum Gasteiger partial charge on any atom is 0.237 e. The Hall–Kier alpha value is -1.42. The molecule has 0 atom stereocenters. The minimum absolute atomic E-state index is 0.108. The van der Waals surface area contributed by atoms with Gasteiger partial charge in [0.1, 0.15) is 5.82 Å². The molecule has 0 spiro atoms. The van der Waals surface area contributed by atoms with E-state index in [1.54, 1.807) is 6.07 Å². The molecule has 1 fully saturated rings. The molecular formula is C19H29FN2O. The average Bonchev–Trinajstić information content (AvgIpc) is 2.97. The number of rotatable bonds is 5. The van der Waals surface area contributed by atoms with Gasteiger partial charge in [-0.05, 0) is 58.4 Å². The summed E-state index contributed by atoms with van der Waals surface area (Å²) in [6, 6.07) is 7.03. The molecule has 0 heterocycles. The minimum Gasteiger partial charge on any atom is -0.332 e. The molecule has 128 valence electrons. The van der Waals surface area contributed by atoms with E-state index in [0.717, 1.165) is 5.56 Å². The zero-order chi connectivity index (χ0) is 17.0. The van der Waals surface area contributed by atoms with Crippen LogP contribution in [0.4, 0.5) is 4.39 Å². The van der Waals surface area contributed by atoms with Crippen molar-refractivity contribution in [1.82, 2.24) is 9.80 Å². The predicted octanol–water partition coefficient (Wildman–Crippen LogP) is 3.83. The van der Waals surface area contributed by atoms with Gasteiger partial charge < -0.3 is 4.90 Å². The number of hydrogen-bond acceptors (Lipinski definition) is 2. The van der Waals surface area contributed by atoms with E-state index in [4.69, 9.17) is 0 Å². The Bertz CT molecular complexity index is 532. The number of benzene rings is 1. The van der Waals surface area contributed by atoms with Gasteiger partial charge in [0.25, 0.3) is 0 Å². The van der Waals surface area contributed by atoms with E-state index in [0.29, 0.717) is 19.1 Å². The van der Waals surface area contributed by atoms with Crippen LogP contribution in [0.25, 0.3) is 0 Å². The molecule has 0 unspecified atom stereocenters. The Labute approximate surface area is 139 Å². The summed E-state index contributed by atoms with van der Waals surface area (Å²) in [5.41, 5.74) is 0.539. The molecule has 0 radical (unpaired) electrons. The second-order valence-electron chi connectivity index (χ2n) is 7.63. The Morgan fingerprint density at radius 2 is 1.91 bits per heavy atom. The predicted molar refractivity (Wildman–Crippen MR) is 91.6 cm³/mol. The molecule has 3 nitrogen and oxygen atoms in total. The lowest BCUT2D eigenvalue weighted by Crippen LogP contribution is -2.49. The van der Waals surface area contributed by atoms with E-state index in [2.05, 4.69) is 4.90 Å². The van der Waals surface area contributed by atoms with Crippen molar-refractivity contribution in [1.29, 1.82) is 0 Å². The molecule has 0 bridgehead atoms. The van der Waals surface area contributed by atoms with Crippen LogP contribution in [0.15, 0.2) is 24.3 Å². The molecule has 0 aliphatic heterocycles. The highest BCUT2D eigenvalue weighted by molar-refractivity contribution is 5.79. The molecule has 1 saturated carbocycles. The molecule has 0 N–H and O–H groups in total. The van der Waals surface area contributed by atoms with E-state index in [-0.39, 0.29) is 17.3 Å². The van der Waals surface area contributed by atoms with E-state index < -0.39 is 0 Å².